The second kappa shape index (κ2) is 8.66. The molecule has 4 nitrogen and oxygen atoms in total. The van der Waals surface area contributed by atoms with Crippen LogP contribution in [0.15, 0.2) is 18.2 Å². The summed E-state index contributed by atoms with van der Waals surface area (Å²) in [6.07, 6.45) is 5.73. The zero-order valence-corrected chi connectivity index (χ0v) is 13.8. The van der Waals surface area contributed by atoms with E-state index in [-0.39, 0.29) is 5.91 Å². The highest BCUT2D eigenvalue weighted by atomic mass is 16.7. The molecule has 0 aliphatic carbocycles. The molecule has 0 saturated heterocycles. The molecule has 22 heavy (non-hydrogen) atoms. The van der Waals surface area contributed by atoms with Crippen LogP contribution in [0.2, 0.25) is 0 Å². The Bertz CT molecular complexity index is 479. The quantitative estimate of drug-likeness (QED) is 0.697. The van der Waals surface area contributed by atoms with Gasteiger partial charge in [-0.2, -0.15) is 0 Å². The van der Waals surface area contributed by atoms with Crippen molar-refractivity contribution in [1.29, 1.82) is 0 Å². The average molecular weight is 305 g/mol. The first kappa shape index (κ1) is 16.7. The number of fused-ring (bicyclic) bond motifs is 1. The van der Waals surface area contributed by atoms with Crippen molar-refractivity contribution in [3.8, 4) is 11.5 Å². The van der Waals surface area contributed by atoms with Gasteiger partial charge in [-0.15, -0.1) is 0 Å². The van der Waals surface area contributed by atoms with Crippen molar-refractivity contribution >= 4 is 5.91 Å². The summed E-state index contributed by atoms with van der Waals surface area (Å²) in [4.78, 5) is 14.5. The highest BCUT2D eigenvalue weighted by Crippen LogP contribution is 2.32. The van der Waals surface area contributed by atoms with E-state index >= 15 is 0 Å². The molecule has 0 N–H and O–H groups in total. The van der Waals surface area contributed by atoms with E-state index in [0.717, 1.165) is 62.3 Å². The maximum atomic E-state index is 12.4. The lowest BCUT2D eigenvalue weighted by atomic mass is 10.1. The van der Waals surface area contributed by atoms with Crippen molar-refractivity contribution in [2.75, 3.05) is 19.9 Å². The van der Waals surface area contributed by atoms with Crippen molar-refractivity contribution in [3.63, 3.8) is 0 Å². The highest BCUT2D eigenvalue weighted by Gasteiger charge is 2.15. The molecule has 0 unspecified atom stereocenters. The van der Waals surface area contributed by atoms with Crippen LogP contribution < -0.4 is 9.47 Å². The van der Waals surface area contributed by atoms with Crippen molar-refractivity contribution in [2.24, 2.45) is 0 Å². The minimum Gasteiger partial charge on any atom is -0.454 e. The fourth-order valence-corrected chi connectivity index (χ4v) is 2.56. The number of carbonyl (C=O) groups excluding carboxylic acids is 1. The Labute approximate surface area is 133 Å². The first-order chi connectivity index (χ1) is 10.7. The Hall–Kier alpha value is -1.71. The summed E-state index contributed by atoms with van der Waals surface area (Å²) >= 11 is 0. The van der Waals surface area contributed by atoms with Gasteiger partial charge in [0.15, 0.2) is 11.5 Å². The Morgan fingerprint density at radius 2 is 1.77 bits per heavy atom. The predicted molar refractivity (Wildman–Crippen MR) is 87.3 cm³/mol. The van der Waals surface area contributed by atoms with Crippen molar-refractivity contribution in [2.45, 2.75) is 52.4 Å². The molecular formula is C18H27NO3. The van der Waals surface area contributed by atoms with Crippen LogP contribution >= 0.6 is 0 Å². The van der Waals surface area contributed by atoms with Gasteiger partial charge in [0, 0.05) is 19.5 Å². The summed E-state index contributed by atoms with van der Waals surface area (Å²) in [5.74, 6) is 1.85. The maximum absolute atomic E-state index is 12.4. The zero-order valence-electron chi connectivity index (χ0n) is 13.8. The van der Waals surface area contributed by atoms with Gasteiger partial charge < -0.3 is 14.4 Å². The second-order valence-electron chi connectivity index (χ2n) is 5.78. The summed E-state index contributed by atoms with van der Waals surface area (Å²) in [6.45, 7) is 6.39. The Morgan fingerprint density at radius 1 is 1.09 bits per heavy atom. The minimum absolute atomic E-state index is 0.263. The summed E-state index contributed by atoms with van der Waals surface area (Å²) in [7, 11) is 0. The largest absolute Gasteiger partial charge is 0.454 e. The average Bonchev–Trinajstić information content (AvgIpc) is 3.00. The topological polar surface area (TPSA) is 38.8 Å². The van der Waals surface area contributed by atoms with Crippen LogP contribution in [0.5, 0.6) is 11.5 Å². The molecule has 0 bridgehead atoms. The van der Waals surface area contributed by atoms with Gasteiger partial charge >= 0.3 is 0 Å². The number of benzene rings is 1. The molecule has 0 aromatic heterocycles. The normalized spacial score (nSPS) is 12.5. The minimum atomic E-state index is 0.263. The number of carbonyl (C=O) groups is 1. The highest BCUT2D eigenvalue weighted by molar-refractivity contribution is 5.76. The monoisotopic (exact) mass is 305 g/mol. The molecule has 0 fully saturated rings. The van der Waals surface area contributed by atoms with Crippen LogP contribution in [-0.4, -0.2) is 30.7 Å². The van der Waals surface area contributed by atoms with Crippen LogP contribution in [0, 0.1) is 0 Å². The van der Waals surface area contributed by atoms with Gasteiger partial charge in [0.05, 0.1) is 0 Å². The SMILES string of the molecule is CCCCN(CCCC)C(=O)CCc1ccc2c(c1)OCO2. The van der Waals surface area contributed by atoms with Gasteiger partial charge in [-0.1, -0.05) is 32.8 Å². The van der Waals surface area contributed by atoms with Gasteiger partial charge in [-0.05, 0) is 37.0 Å². The van der Waals surface area contributed by atoms with E-state index in [4.69, 9.17) is 9.47 Å². The first-order valence-corrected chi connectivity index (χ1v) is 8.41. The lowest BCUT2D eigenvalue weighted by molar-refractivity contribution is -0.131. The number of hydrogen-bond donors (Lipinski definition) is 0. The van der Waals surface area contributed by atoms with Gasteiger partial charge in [0.2, 0.25) is 12.7 Å². The molecule has 122 valence electrons. The summed E-state index contributed by atoms with van der Waals surface area (Å²) in [5, 5.41) is 0. The first-order valence-electron chi connectivity index (χ1n) is 8.41. The van der Waals surface area contributed by atoms with Gasteiger partial charge in [-0.3, -0.25) is 4.79 Å². The van der Waals surface area contributed by atoms with E-state index in [1.807, 2.05) is 23.1 Å². The van der Waals surface area contributed by atoms with Crippen LogP contribution in [-0.2, 0) is 11.2 Å². The Kier molecular flexibility index (Phi) is 6.56. The number of rotatable bonds is 9. The van der Waals surface area contributed by atoms with E-state index in [0.29, 0.717) is 13.2 Å². The molecule has 1 aromatic rings. The molecule has 0 saturated carbocycles. The molecular weight excluding hydrogens is 278 g/mol. The third kappa shape index (κ3) is 4.65. The van der Waals surface area contributed by atoms with E-state index in [1.165, 1.54) is 0 Å². The summed E-state index contributed by atoms with van der Waals surface area (Å²) < 4.78 is 10.7. The molecule has 1 amide bonds. The Morgan fingerprint density at radius 3 is 2.45 bits per heavy atom. The molecule has 0 radical (unpaired) electrons. The molecule has 1 heterocycles. The standard InChI is InChI=1S/C18H27NO3/c1-3-5-11-19(12-6-4-2)18(20)10-8-15-7-9-16-17(13-15)22-14-21-16/h7,9,13H,3-6,8,10-12,14H2,1-2H3. The van der Waals surface area contributed by atoms with Crippen molar-refractivity contribution in [3.05, 3.63) is 23.8 Å². The number of hydrogen-bond acceptors (Lipinski definition) is 3. The van der Waals surface area contributed by atoms with Gasteiger partial charge in [0.25, 0.3) is 0 Å². The van der Waals surface area contributed by atoms with Gasteiger partial charge in [-0.25, -0.2) is 0 Å². The molecule has 0 atom stereocenters. The lowest BCUT2D eigenvalue weighted by Crippen LogP contribution is -2.33. The molecule has 0 spiro atoms. The Balaban J connectivity index is 1.86. The van der Waals surface area contributed by atoms with Crippen molar-refractivity contribution < 1.29 is 14.3 Å². The number of ether oxygens (including phenoxy) is 2. The van der Waals surface area contributed by atoms with E-state index in [9.17, 15) is 4.79 Å². The summed E-state index contributed by atoms with van der Waals surface area (Å²) in [5.41, 5.74) is 1.13. The number of amides is 1. The molecule has 1 aliphatic rings. The summed E-state index contributed by atoms with van der Waals surface area (Å²) in [6, 6.07) is 5.93. The maximum Gasteiger partial charge on any atom is 0.231 e. The van der Waals surface area contributed by atoms with Crippen LogP contribution in [0.25, 0.3) is 0 Å². The smallest absolute Gasteiger partial charge is 0.231 e. The molecule has 4 heteroatoms. The van der Waals surface area contributed by atoms with Crippen molar-refractivity contribution in [1.82, 2.24) is 4.90 Å². The number of unbranched alkanes of at least 4 members (excludes halogenated alkanes) is 2. The van der Waals surface area contributed by atoms with Crippen LogP contribution in [0.1, 0.15) is 51.5 Å². The zero-order chi connectivity index (χ0) is 15.8. The fourth-order valence-electron chi connectivity index (χ4n) is 2.56. The number of aryl methyl sites for hydroxylation is 1. The van der Waals surface area contributed by atoms with E-state index < -0.39 is 0 Å². The number of nitrogens with zero attached hydrogens (tertiary/aromatic N) is 1. The van der Waals surface area contributed by atoms with E-state index in [2.05, 4.69) is 13.8 Å². The third-order valence-electron chi connectivity index (χ3n) is 3.98. The molecule has 1 aliphatic heterocycles. The van der Waals surface area contributed by atoms with Crippen LogP contribution in [0.4, 0.5) is 0 Å². The fraction of sp³-hybridized carbons (Fsp3) is 0.611. The molecule has 2 rings (SSSR count). The lowest BCUT2D eigenvalue weighted by Gasteiger charge is -2.22. The second-order valence-corrected chi connectivity index (χ2v) is 5.78. The van der Waals surface area contributed by atoms with Gasteiger partial charge in [0.1, 0.15) is 0 Å². The molecule has 1 aromatic carbocycles. The predicted octanol–water partition coefficient (Wildman–Crippen LogP) is 3.78. The van der Waals surface area contributed by atoms with Crippen LogP contribution in [0.3, 0.4) is 0 Å². The third-order valence-corrected chi connectivity index (χ3v) is 3.98. The van der Waals surface area contributed by atoms with E-state index in [1.54, 1.807) is 0 Å².